The van der Waals surface area contributed by atoms with Gasteiger partial charge in [0.1, 0.15) is 11.5 Å². The minimum absolute atomic E-state index is 0.294. The molecular weight excluding hydrogens is 342 g/mol. The van der Waals surface area contributed by atoms with Crippen LogP contribution >= 0.6 is 0 Å². The number of hydrogen-bond donors (Lipinski definition) is 1. The molecule has 0 amide bonds. The molecule has 2 aromatic carbocycles. The first-order valence-corrected chi connectivity index (χ1v) is 9.10. The minimum Gasteiger partial charge on any atom is -0.497 e. The van der Waals surface area contributed by atoms with E-state index in [0.29, 0.717) is 0 Å². The predicted molar refractivity (Wildman–Crippen MR) is 102 cm³/mol. The average Bonchev–Trinajstić information content (AvgIpc) is 3.39. The highest BCUT2D eigenvalue weighted by Crippen LogP contribution is 2.41. The van der Waals surface area contributed by atoms with E-state index in [0.717, 1.165) is 54.4 Å². The number of rotatable bonds is 6. The molecule has 7 nitrogen and oxygen atoms in total. The molecule has 0 aliphatic heterocycles. The van der Waals surface area contributed by atoms with Crippen molar-refractivity contribution in [2.45, 2.75) is 31.2 Å². The fraction of sp³-hybridized carbons (Fsp3) is 0.350. The Morgan fingerprint density at radius 1 is 0.889 bits per heavy atom. The van der Waals surface area contributed by atoms with Crippen molar-refractivity contribution in [2.75, 3.05) is 19.5 Å². The summed E-state index contributed by atoms with van der Waals surface area (Å²) >= 11 is 0. The lowest BCUT2D eigenvalue weighted by Gasteiger charge is -2.30. The van der Waals surface area contributed by atoms with Gasteiger partial charge in [0.05, 0.1) is 25.4 Å². The van der Waals surface area contributed by atoms with Gasteiger partial charge in [-0.15, -0.1) is 5.10 Å². The zero-order valence-electron chi connectivity index (χ0n) is 15.6. The van der Waals surface area contributed by atoms with Crippen molar-refractivity contribution in [1.82, 2.24) is 20.2 Å². The van der Waals surface area contributed by atoms with Crippen LogP contribution in [0.25, 0.3) is 5.69 Å². The molecule has 3 aromatic rings. The normalized spacial score (nSPS) is 15.5. The van der Waals surface area contributed by atoms with Crippen LogP contribution < -0.4 is 14.8 Å². The maximum Gasteiger partial charge on any atom is 0.181 e. The molecule has 1 N–H and O–H groups in total. The molecule has 1 heterocycles. The van der Waals surface area contributed by atoms with Crippen LogP contribution in [-0.2, 0) is 5.54 Å². The zero-order chi connectivity index (χ0) is 18.7. The van der Waals surface area contributed by atoms with Gasteiger partial charge in [-0.25, -0.2) is 0 Å². The van der Waals surface area contributed by atoms with Gasteiger partial charge < -0.3 is 14.8 Å². The summed E-state index contributed by atoms with van der Waals surface area (Å²) in [6, 6.07) is 15.7. The summed E-state index contributed by atoms with van der Waals surface area (Å²) in [5, 5.41) is 16.3. The van der Waals surface area contributed by atoms with Crippen molar-refractivity contribution < 1.29 is 9.47 Å². The number of nitrogens with zero attached hydrogens (tertiary/aromatic N) is 4. The third-order valence-electron chi connectivity index (χ3n) is 5.15. The summed E-state index contributed by atoms with van der Waals surface area (Å²) in [6.45, 7) is 0. The Bertz CT molecular complexity index is 883. The van der Waals surface area contributed by atoms with Crippen molar-refractivity contribution in [3.63, 3.8) is 0 Å². The van der Waals surface area contributed by atoms with Crippen LogP contribution in [0.1, 0.15) is 31.5 Å². The topological polar surface area (TPSA) is 74.1 Å². The van der Waals surface area contributed by atoms with Crippen LogP contribution in [-0.4, -0.2) is 34.4 Å². The lowest BCUT2D eigenvalue weighted by Crippen LogP contribution is -2.35. The Labute approximate surface area is 158 Å². The molecular formula is C20H23N5O2. The number of hydrogen-bond acceptors (Lipinski definition) is 6. The second-order valence-electron chi connectivity index (χ2n) is 6.76. The summed E-state index contributed by atoms with van der Waals surface area (Å²) in [5.41, 5.74) is 1.65. The van der Waals surface area contributed by atoms with Gasteiger partial charge >= 0.3 is 0 Å². The molecule has 1 aliphatic rings. The van der Waals surface area contributed by atoms with Gasteiger partial charge in [-0.1, -0.05) is 12.8 Å². The van der Waals surface area contributed by atoms with Gasteiger partial charge in [0.25, 0.3) is 0 Å². The fourth-order valence-electron chi connectivity index (χ4n) is 3.72. The summed E-state index contributed by atoms with van der Waals surface area (Å²) in [4.78, 5) is 0. The van der Waals surface area contributed by atoms with Crippen LogP contribution in [0.15, 0.2) is 48.5 Å². The van der Waals surface area contributed by atoms with E-state index in [1.165, 1.54) is 0 Å². The van der Waals surface area contributed by atoms with Gasteiger partial charge in [0.2, 0.25) is 0 Å². The average molecular weight is 365 g/mol. The molecule has 0 saturated heterocycles. The molecule has 27 heavy (non-hydrogen) atoms. The van der Waals surface area contributed by atoms with Gasteiger partial charge in [-0.2, -0.15) is 4.68 Å². The van der Waals surface area contributed by atoms with E-state index >= 15 is 0 Å². The Morgan fingerprint density at radius 2 is 1.48 bits per heavy atom. The summed E-state index contributed by atoms with van der Waals surface area (Å²) in [7, 11) is 3.33. The first kappa shape index (κ1) is 17.3. The summed E-state index contributed by atoms with van der Waals surface area (Å²) < 4.78 is 12.3. The highest BCUT2D eigenvalue weighted by Gasteiger charge is 2.40. The third-order valence-corrected chi connectivity index (χ3v) is 5.15. The van der Waals surface area contributed by atoms with Gasteiger partial charge in [0, 0.05) is 5.69 Å². The maximum absolute atomic E-state index is 5.26. The Balaban J connectivity index is 1.69. The molecule has 4 rings (SSSR count). The second kappa shape index (κ2) is 7.26. The van der Waals surface area contributed by atoms with E-state index in [2.05, 4.69) is 20.8 Å². The summed E-state index contributed by atoms with van der Waals surface area (Å²) in [6.07, 6.45) is 4.24. The summed E-state index contributed by atoms with van der Waals surface area (Å²) in [5.74, 6) is 2.48. The SMILES string of the molecule is COc1ccc(NC2(c3nnnn3-c3ccc(OC)cc3)CCCC2)cc1. The number of ether oxygens (including phenoxy) is 2. The van der Waals surface area contributed by atoms with E-state index < -0.39 is 0 Å². The molecule has 0 bridgehead atoms. The largest absolute Gasteiger partial charge is 0.497 e. The molecule has 7 heteroatoms. The van der Waals surface area contributed by atoms with Crippen LogP contribution in [0.2, 0.25) is 0 Å². The number of benzene rings is 2. The number of tetrazole rings is 1. The van der Waals surface area contributed by atoms with E-state index in [4.69, 9.17) is 9.47 Å². The molecule has 0 spiro atoms. The number of nitrogens with one attached hydrogen (secondary N) is 1. The Hall–Kier alpha value is -3.09. The number of aromatic nitrogens is 4. The third kappa shape index (κ3) is 3.32. The van der Waals surface area contributed by atoms with E-state index in [-0.39, 0.29) is 5.54 Å². The second-order valence-corrected chi connectivity index (χ2v) is 6.76. The van der Waals surface area contributed by atoms with Crippen molar-refractivity contribution in [3.8, 4) is 17.2 Å². The molecule has 1 aliphatic carbocycles. The smallest absolute Gasteiger partial charge is 0.181 e. The molecule has 0 unspecified atom stereocenters. The van der Waals surface area contributed by atoms with E-state index in [1.54, 1.807) is 14.2 Å². The first-order valence-electron chi connectivity index (χ1n) is 9.10. The van der Waals surface area contributed by atoms with Gasteiger partial charge in [-0.05, 0) is 71.8 Å². The fourth-order valence-corrected chi connectivity index (χ4v) is 3.72. The zero-order valence-corrected chi connectivity index (χ0v) is 15.6. The predicted octanol–water partition coefficient (Wildman–Crippen LogP) is 3.56. The Kier molecular flexibility index (Phi) is 4.66. The van der Waals surface area contributed by atoms with Crippen molar-refractivity contribution in [3.05, 3.63) is 54.4 Å². The first-order chi connectivity index (χ1) is 13.2. The lowest BCUT2D eigenvalue weighted by molar-refractivity contribution is 0.414. The highest BCUT2D eigenvalue weighted by molar-refractivity contribution is 5.50. The molecule has 1 fully saturated rings. The number of methoxy groups -OCH3 is 2. The van der Waals surface area contributed by atoms with Crippen LogP contribution in [0, 0.1) is 0 Å². The standard InChI is InChI=1S/C20H23N5O2/c1-26-17-9-5-15(6-10-17)21-20(13-3-4-14-20)19-22-23-24-25(19)16-7-11-18(27-2)12-8-16/h5-12,21H,3-4,13-14H2,1-2H3. The van der Waals surface area contributed by atoms with Crippen LogP contribution in [0.5, 0.6) is 11.5 Å². The highest BCUT2D eigenvalue weighted by atomic mass is 16.5. The molecule has 140 valence electrons. The molecule has 0 radical (unpaired) electrons. The van der Waals surface area contributed by atoms with E-state index in [1.807, 2.05) is 53.2 Å². The quantitative estimate of drug-likeness (QED) is 0.720. The molecule has 0 atom stereocenters. The van der Waals surface area contributed by atoms with Crippen molar-refractivity contribution in [1.29, 1.82) is 0 Å². The minimum atomic E-state index is -0.294. The Morgan fingerprint density at radius 3 is 2.07 bits per heavy atom. The van der Waals surface area contributed by atoms with Crippen LogP contribution in [0.4, 0.5) is 5.69 Å². The van der Waals surface area contributed by atoms with E-state index in [9.17, 15) is 0 Å². The number of anilines is 1. The molecule has 1 saturated carbocycles. The van der Waals surface area contributed by atoms with Crippen LogP contribution in [0.3, 0.4) is 0 Å². The van der Waals surface area contributed by atoms with Gasteiger partial charge in [0.15, 0.2) is 5.82 Å². The van der Waals surface area contributed by atoms with Crippen molar-refractivity contribution >= 4 is 5.69 Å². The molecule has 1 aromatic heterocycles. The van der Waals surface area contributed by atoms with Crippen molar-refractivity contribution in [2.24, 2.45) is 0 Å². The maximum atomic E-state index is 5.26. The monoisotopic (exact) mass is 365 g/mol. The lowest BCUT2D eigenvalue weighted by atomic mass is 9.95. The van der Waals surface area contributed by atoms with Gasteiger partial charge in [-0.3, -0.25) is 0 Å².